The van der Waals surface area contributed by atoms with Gasteiger partial charge in [0, 0.05) is 23.5 Å². The molecule has 1 amide bonds. The van der Waals surface area contributed by atoms with E-state index in [1.807, 2.05) is 36.4 Å². The van der Waals surface area contributed by atoms with Crippen LogP contribution in [0, 0.1) is 0 Å². The van der Waals surface area contributed by atoms with E-state index < -0.39 is 0 Å². The molecule has 0 spiro atoms. The van der Waals surface area contributed by atoms with Crippen LogP contribution < -0.4 is 5.43 Å². The van der Waals surface area contributed by atoms with Crippen LogP contribution in [-0.2, 0) is 11.2 Å². The zero-order chi connectivity index (χ0) is 13.2. The molecule has 2 N–H and O–H groups in total. The number of carbonyl (C=O) groups excluding carboxylic acids is 1. The number of aromatic nitrogens is 2. The van der Waals surface area contributed by atoms with Crippen LogP contribution in [0.1, 0.15) is 5.69 Å². The lowest BCUT2D eigenvalue weighted by Crippen LogP contribution is -2.23. The van der Waals surface area contributed by atoms with Crippen molar-refractivity contribution in [2.45, 2.75) is 6.42 Å². The van der Waals surface area contributed by atoms with Gasteiger partial charge in [-0.15, -0.1) is 0 Å². The lowest BCUT2D eigenvalue weighted by molar-refractivity contribution is -0.116. The van der Waals surface area contributed by atoms with Gasteiger partial charge in [0.2, 0.25) is 5.91 Å². The van der Waals surface area contributed by atoms with Crippen molar-refractivity contribution in [1.82, 2.24) is 9.66 Å². The van der Waals surface area contributed by atoms with Crippen LogP contribution in [0.25, 0.3) is 10.9 Å². The molecule has 96 valence electrons. The summed E-state index contributed by atoms with van der Waals surface area (Å²) in [7, 11) is 0. The Morgan fingerprint density at radius 1 is 1.26 bits per heavy atom. The summed E-state index contributed by atoms with van der Waals surface area (Å²) in [6.45, 7) is 0. The van der Waals surface area contributed by atoms with E-state index in [0.717, 1.165) is 16.6 Å². The van der Waals surface area contributed by atoms with Crippen molar-refractivity contribution < 1.29 is 4.79 Å². The average molecular weight is 274 g/mol. The number of carbonyl (C=O) groups is 1. The minimum Gasteiger partial charge on any atom is -0.365 e. The maximum absolute atomic E-state index is 11.9. The van der Waals surface area contributed by atoms with Gasteiger partial charge in [-0.25, -0.2) is 0 Å². The predicted octanol–water partition coefficient (Wildman–Crippen LogP) is 2.94. The Balaban J connectivity index is 1.83. The van der Waals surface area contributed by atoms with E-state index in [-0.39, 0.29) is 5.91 Å². The molecule has 1 aromatic carbocycles. The van der Waals surface area contributed by atoms with Gasteiger partial charge in [-0.05, 0) is 18.2 Å². The number of nitrogens with one attached hydrogen (secondary N) is 2. The Labute approximate surface area is 115 Å². The molecule has 2 aromatic heterocycles. The van der Waals surface area contributed by atoms with Crippen molar-refractivity contribution in [3.05, 3.63) is 59.5 Å². The van der Waals surface area contributed by atoms with Crippen molar-refractivity contribution >= 4 is 28.4 Å². The summed E-state index contributed by atoms with van der Waals surface area (Å²) in [6.07, 6.45) is 3.81. The van der Waals surface area contributed by atoms with Crippen LogP contribution in [0.2, 0.25) is 5.02 Å². The number of amides is 1. The molecule has 0 aliphatic carbocycles. The second kappa shape index (κ2) is 4.82. The lowest BCUT2D eigenvalue weighted by atomic mass is 10.2. The Hall–Kier alpha value is -2.20. The number of hydrogen-bond acceptors (Lipinski definition) is 1. The molecule has 0 bridgehead atoms. The second-order valence-electron chi connectivity index (χ2n) is 4.27. The first-order valence-corrected chi connectivity index (χ1v) is 6.29. The van der Waals surface area contributed by atoms with E-state index >= 15 is 0 Å². The maximum atomic E-state index is 11.9. The second-order valence-corrected chi connectivity index (χ2v) is 4.68. The molecule has 5 heteroatoms. The molecule has 0 radical (unpaired) electrons. The highest BCUT2D eigenvalue weighted by atomic mass is 35.5. The third-order valence-corrected chi connectivity index (χ3v) is 3.22. The van der Waals surface area contributed by atoms with Gasteiger partial charge in [0.25, 0.3) is 0 Å². The summed E-state index contributed by atoms with van der Waals surface area (Å²) in [5, 5.41) is 1.54. The van der Waals surface area contributed by atoms with Gasteiger partial charge in [-0.1, -0.05) is 29.8 Å². The maximum Gasteiger partial charge on any atom is 0.244 e. The molecule has 0 atom stereocenters. The number of hydrogen-bond donors (Lipinski definition) is 2. The van der Waals surface area contributed by atoms with Crippen LogP contribution in [0.5, 0.6) is 0 Å². The van der Waals surface area contributed by atoms with E-state index in [1.165, 1.54) is 0 Å². The zero-order valence-electron chi connectivity index (χ0n) is 10.1. The lowest BCUT2D eigenvalue weighted by Gasteiger charge is -2.07. The highest BCUT2D eigenvalue weighted by Crippen LogP contribution is 2.24. The fraction of sp³-hybridized carbons (Fsp3) is 0.0714. The Bertz CT molecular complexity index is 715. The highest BCUT2D eigenvalue weighted by molar-refractivity contribution is 6.35. The largest absolute Gasteiger partial charge is 0.365 e. The van der Waals surface area contributed by atoms with Crippen molar-refractivity contribution in [2.24, 2.45) is 0 Å². The average Bonchev–Trinajstić information content (AvgIpc) is 3.00. The van der Waals surface area contributed by atoms with Gasteiger partial charge in [0.1, 0.15) is 0 Å². The van der Waals surface area contributed by atoms with Crippen molar-refractivity contribution in [2.75, 3.05) is 5.43 Å². The quantitative estimate of drug-likeness (QED) is 0.757. The molecule has 0 aliphatic heterocycles. The third kappa shape index (κ3) is 2.35. The van der Waals surface area contributed by atoms with Gasteiger partial charge < -0.3 is 4.98 Å². The molecule has 0 saturated heterocycles. The number of halogens is 1. The highest BCUT2D eigenvalue weighted by Gasteiger charge is 2.09. The molecule has 0 saturated carbocycles. The Kier molecular flexibility index (Phi) is 3.01. The molecule has 2 heterocycles. The number of H-pyrrole nitrogens is 1. The minimum absolute atomic E-state index is 0.0973. The van der Waals surface area contributed by atoms with Gasteiger partial charge in [-0.3, -0.25) is 14.9 Å². The summed E-state index contributed by atoms with van der Waals surface area (Å²) in [6, 6.07) is 11.4. The molecule has 19 heavy (non-hydrogen) atoms. The molecular weight excluding hydrogens is 262 g/mol. The van der Waals surface area contributed by atoms with E-state index in [4.69, 9.17) is 11.6 Å². The van der Waals surface area contributed by atoms with Crippen LogP contribution in [0.15, 0.2) is 48.8 Å². The van der Waals surface area contributed by atoms with Crippen LogP contribution in [0.3, 0.4) is 0 Å². The fourth-order valence-electron chi connectivity index (χ4n) is 2.05. The standard InChI is InChI=1S/C14H12ClN3O/c15-12-9-18(13-6-2-1-5-11(12)13)17-14(19)8-10-4-3-7-16-10/h1-7,9,16H,8H2,(H,17,19). The first-order chi connectivity index (χ1) is 9.24. The van der Waals surface area contributed by atoms with Gasteiger partial charge >= 0.3 is 0 Å². The summed E-state index contributed by atoms with van der Waals surface area (Å²) in [5.74, 6) is -0.0973. The molecule has 0 aliphatic rings. The Morgan fingerprint density at radius 2 is 2.11 bits per heavy atom. The topological polar surface area (TPSA) is 49.8 Å². The SMILES string of the molecule is O=C(Cc1ccc[nH]1)Nn1cc(Cl)c2ccccc21. The smallest absolute Gasteiger partial charge is 0.244 e. The minimum atomic E-state index is -0.0973. The van der Waals surface area contributed by atoms with Crippen LogP contribution in [-0.4, -0.2) is 15.6 Å². The van der Waals surface area contributed by atoms with E-state index in [1.54, 1.807) is 17.1 Å². The molecule has 3 aromatic rings. The number of para-hydroxylation sites is 1. The summed E-state index contributed by atoms with van der Waals surface area (Å²) in [4.78, 5) is 14.9. The number of rotatable bonds is 3. The zero-order valence-corrected chi connectivity index (χ0v) is 10.8. The van der Waals surface area contributed by atoms with Crippen molar-refractivity contribution in [3.8, 4) is 0 Å². The summed E-state index contributed by atoms with van der Waals surface area (Å²) >= 11 is 6.13. The van der Waals surface area contributed by atoms with Crippen LogP contribution in [0.4, 0.5) is 0 Å². The molecule has 4 nitrogen and oxygen atoms in total. The predicted molar refractivity (Wildman–Crippen MR) is 75.8 cm³/mol. The van der Waals surface area contributed by atoms with Gasteiger partial charge in [0.15, 0.2) is 0 Å². The molecule has 3 rings (SSSR count). The van der Waals surface area contributed by atoms with E-state index in [0.29, 0.717) is 11.4 Å². The van der Waals surface area contributed by atoms with Crippen molar-refractivity contribution in [1.29, 1.82) is 0 Å². The third-order valence-electron chi connectivity index (χ3n) is 2.92. The van der Waals surface area contributed by atoms with Gasteiger partial charge in [-0.2, -0.15) is 0 Å². The van der Waals surface area contributed by atoms with E-state index in [9.17, 15) is 4.79 Å². The monoisotopic (exact) mass is 273 g/mol. The molecular formula is C14H12ClN3O. The number of benzene rings is 1. The number of nitrogens with zero attached hydrogens (tertiary/aromatic N) is 1. The van der Waals surface area contributed by atoms with Gasteiger partial charge in [0.05, 0.1) is 17.0 Å². The first kappa shape index (κ1) is 11.9. The first-order valence-electron chi connectivity index (χ1n) is 5.92. The normalized spacial score (nSPS) is 10.8. The Morgan fingerprint density at radius 3 is 2.89 bits per heavy atom. The molecule has 0 fully saturated rings. The molecule has 0 unspecified atom stereocenters. The van der Waals surface area contributed by atoms with E-state index in [2.05, 4.69) is 10.4 Å². The fourth-order valence-corrected chi connectivity index (χ4v) is 2.31. The van der Waals surface area contributed by atoms with Crippen molar-refractivity contribution in [3.63, 3.8) is 0 Å². The number of aromatic amines is 1. The number of fused-ring (bicyclic) bond motifs is 1. The van der Waals surface area contributed by atoms with Crippen LogP contribution >= 0.6 is 11.6 Å². The summed E-state index contributed by atoms with van der Waals surface area (Å²) in [5.41, 5.74) is 4.57. The summed E-state index contributed by atoms with van der Waals surface area (Å²) < 4.78 is 1.66.